The van der Waals surface area contributed by atoms with E-state index in [0.717, 1.165) is 42.9 Å². The van der Waals surface area contributed by atoms with Gasteiger partial charge in [0.05, 0.1) is 23.6 Å². The van der Waals surface area contributed by atoms with Gasteiger partial charge in [0.1, 0.15) is 0 Å². The minimum Gasteiger partial charge on any atom is -0.346 e. The maximum Gasteiger partial charge on any atom is 0.274 e. The van der Waals surface area contributed by atoms with Crippen LogP contribution in [0.2, 0.25) is 0 Å². The standard InChI is InChI=1S/C19H23N7O.ClH/c1-14-18(23-24-26(14)17-7-9-20-10-8-17)19(27)21-11-15-12-22-25(13-15)16-5-3-2-4-6-16;/h2-6,12-13,17,20H,7-11H2,1H3,(H,21,27);1H. The van der Waals surface area contributed by atoms with Crippen molar-refractivity contribution in [3.05, 3.63) is 59.7 Å². The molecule has 2 N–H and O–H groups in total. The summed E-state index contributed by atoms with van der Waals surface area (Å²) in [6, 6.07) is 10.2. The van der Waals surface area contributed by atoms with Gasteiger partial charge in [-0.05, 0) is 45.0 Å². The number of para-hydroxylation sites is 1. The lowest BCUT2D eigenvalue weighted by Crippen LogP contribution is -2.30. The van der Waals surface area contributed by atoms with Gasteiger partial charge >= 0.3 is 0 Å². The zero-order valence-corrected chi connectivity index (χ0v) is 16.5. The topological polar surface area (TPSA) is 89.7 Å². The minimum absolute atomic E-state index is 0. The number of carbonyl (C=O) groups excluding carboxylic acids is 1. The normalized spacial score (nSPS) is 14.5. The summed E-state index contributed by atoms with van der Waals surface area (Å²) in [4.78, 5) is 12.5. The molecule has 0 aliphatic carbocycles. The first-order valence-electron chi connectivity index (χ1n) is 9.22. The molecule has 0 bridgehead atoms. The van der Waals surface area contributed by atoms with E-state index < -0.39 is 0 Å². The van der Waals surface area contributed by atoms with E-state index in [9.17, 15) is 4.79 Å². The molecule has 148 valence electrons. The Labute approximate surface area is 169 Å². The van der Waals surface area contributed by atoms with E-state index in [-0.39, 0.29) is 18.3 Å². The highest BCUT2D eigenvalue weighted by atomic mass is 35.5. The Morgan fingerprint density at radius 3 is 2.75 bits per heavy atom. The maximum absolute atomic E-state index is 12.5. The molecule has 9 heteroatoms. The molecule has 0 radical (unpaired) electrons. The van der Waals surface area contributed by atoms with Gasteiger partial charge in [-0.2, -0.15) is 5.10 Å². The third-order valence-electron chi connectivity index (χ3n) is 4.91. The molecule has 1 amide bonds. The minimum atomic E-state index is -0.208. The lowest BCUT2D eigenvalue weighted by atomic mass is 10.1. The molecule has 3 heterocycles. The van der Waals surface area contributed by atoms with Crippen molar-refractivity contribution in [1.29, 1.82) is 0 Å². The maximum atomic E-state index is 12.5. The van der Waals surface area contributed by atoms with Crippen LogP contribution in [-0.2, 0) is 6.54 Å². The van der Waals surface area contributed by atoms with E-state index in [2.05, 4.69) is 26.0 Å². The van der Waals surface area contributed by atoms with Gasteiger partial charge in [-0.3, -0.25) is 4.79 Å². The monoisotopic (exact) mass is 401 g/mol. The molecule has 1 aromatic carbocycles. The Balaban J connectivity index is 0.00000225. The van der Waals surface area contributed by atoms with Crippen LogP contribution in [0.25, 0.3) is 5.69 Å². The number of nitrogens with one attached hydrogen (secondary N) is 2. The van der Waals surface area contributed by atoms with E-state index in [1.165, 1.54) is 0 Å². The second-order valence-corrected chi connectivity index (χ2v) is 6.76. The summed E-state index contributed by atoms with van der Waals surface area (Å²) in [5, 5.41) is 18.9. The van der Waals surface area contributed by atoms with E-state index in [0.29, 0.717) is 18.3 Å². The van der Waals surface area contributed by atoms with Crippen molar-refractivity contribution in [3.8, 4) is 5.69 Å². The number of amides is 1. The Morgan fingerprint density at radius 1 is 1.25 bits per heavy atom. The Kier molecular flexibility index (Phi) is 6.43. The fraction of sp³-hybridized carbons (Fsp3) is 0.368. The number of piperidine rings is 1. The number of aromatic nitrogens is 5. The second-order valence-electron chi connectivity index (χ2n) is 6.76. The van der Waals surface area contributed by atoms with Crippen molar-refractivity contribution in [2.24, 2.45) is 0 Å². The van der Waals surface area contributed by atoms with Crippen molar-refractivity contribution < 1.29 is 4.79 Å². The average Bonchev–Trinajstić information content (AvgIpc) is 3.34. The number of rotatable bonds is 5. The van der Waals surface area contributed by atoms with Gasteiger partial charge in [-0.1, -0.05) is 23.4 Å². The number of halogens is 1. The lowest BCUT2D eigenvalue weighted by molar-refractivity contribution is 0.0945. The zero-order chi connectivity index (χ0) is 18.6. The largest absolute Gasteiger partial charge is 0.346 e. The van der Waals surface area contributed by atoms with Gasteiger partial charge in [0.15, 0.2) is 5.69 Å². The average molecular weight is 402 g/mol. The van der Waals surface area contributed by atoms with E-state index in [1.807, 2.05) is 48.1 Å². The highest BCUT2D eigenvalue weighted by Gasteiger charge is 2.22. The van der Waals surface area contributed by atoms with Crippen LogP contribution in [0.5, 0.6) is 0 Å². The molecule has 8 nitrogen and oxygen atoms in total. The highest BCUT2D eigenvalue weighted by molar-refractivity contribution is 5.93. The highest BCUT2D eigenvalue weighted by Crippen LogP contribution is 2.20. The van der Waals surface area contributed by atoms with Gasteiger partial charge in [0.2, 0.25) is 0 Å². The van der Waals surface area contributed by atoms with Crippen LogP contribution in [-0.4, -0.2) is 43.8 Å². The van der Waals surface area contributed by atoms with Crippen LogP contribution in [0.1, 0.15) is 40.6 Å². The molecule has 1 aliphatic heterocycles. The van der Waals surface area contributed by atoms with Gasteiger partial charge < -0.3 is 10.6 Å². The molecule has 0 unspecified atom stereocenters. The Bertz CT molecular complexity index is 916. The van der Waals surface area contributed by atoms with Crippen molar-refractivity contribution in [2.45, 2.75) is 32.4 Å². The molecule has 3 aromatic rings. The second kappa shape index (κ2) is 8.99. The van der Waals surface area contributed by atoms with Crippen molar-refractivity contribution in [1.82, 2.24) is 35.4 Å². The summed E-state index contributed by atoms with van der Waals surface area (Å²) in [5.74, 6) is -0.208. The summed E-state index contributed by atoms with van der Waals surface area (Å²) in [7, 11) is 0. The summed E-state index contributed by atoms with van der Waals surface area (Å²) >= 11 is 0. The smallest absolute Gasteiger partial charge is 0.274 e. The molecule has 1 fully saturated rings. The SMILES string of the molecule is Cc1c(C(=O)NCc2cnn(-c3ccccc3)c2)nnn1C1CCNCC1.Cl. The Morgan fingerprint density at radius 2 is 2.00 bits per heavy atom. The van der Waals surface area contributed by atoms with Gasteiger partial charge in [0.25, 0.3) is 5.91 Å². The molecular formula is C19H24ClN7O. The predicted octanol–water partition coefficient (Wildman–Crippen LogP) is 2.05. The molecule has 4 rings (SSSR count). The van der Waals surface area contributed by atoms with Gasteiger partial charge in [0, 0.05) is 18.3 Å². The molecule has 0 saturated carbocycles. The fourth-order valence-corrected chi connectivity index (χ4v) is 3.39. The molecular weight excluding hydrogens is 378 g/mol. The van der Waals surface area contributed by atoms with E-state index in [1.54, 1.807) is 10.9 Å². The predicted molar refractivity (Wildman–Crippen MR) is 108 cm³/mol. The molecule has 0 spiro atoms. The number of benzene rings is 1. The Hall–Kier alpha value is -2.71. The number of carbonyl (C=O) groups is 1. The third-order valence-corrected chi connectivity index (χ3v) is 4.91. The van der Waals surface area contributed by atoms with Crippen LogP contribution < -0.4 is 10.6 Å². The summed E-state index contributed by atoms with van der Waals surface area (Å²) in [6.07, 6.45) is 5.67. The number of hydrogen-bond acceptors (Lipinski definition) is 5. The molecule has 0 atom stereocenters. The van der Waals surface area contributed by atoms with Gasteiger partial charge in [-0.25, -0.2) is 9.36 Å². The molecule has 2 aromatic heterocycles. The fourth-order valence-electron chi connectivity index (χ4n) is 3.39. The molecule has 1 aliphatic rings. The number of nitrogens with zero attached hydrogens (tertiary/aromatic N) is 5. The van der Waals surface area contributed by atoms with Crippen LogP contribution in [0.3, 0.4) is 0 Å². The quantitative estimate of drug-likeness (QED) is 0.683. The third kappa shape index (κ3) is 4.23. The van der Waals surface area contributed by atoms with E-state index in [4.69, 9.17) is 0 Å². The van der Waals surface area contributed by atoms with E-state index >= 15 is 0 Å². The first kappa shape index (κ1) is 20.0. The number of hydrogen-bond donors (Lipinski definition) is 2. The van der Waals surface area contributed by atoms with Crippen molar-refractivity contribution >= 4 is 18.3 Å². The summed E-state index contributed by atoms with van der Waals surface area (Å²) in [5.41, 5.74) is 3.12. The molecule has 1 saturated heterocycles. The van der Waals surface area contributed by atoms with Crippen LogP contribution in [0, 0.1) is 6.92 Å². The van der Waals surface area contributed by atoms with Crippen molar-refractivity contribution in [2.75, 3.05) is 13.1 Å². The lowest BCUT2D eigenvalue weighted by Gasteiger charge is -2.23. The summed E-state index contributed by atoms with van der Waals surface area (Å²) in [6.45, 7) is 4.24. The van der Waals surface area contributed by atoms with Crippen LogP contribution >= 0.6 is 12.4 Å². The van der Waals surface area contributed by atoms with Gasteiger partial charge in [-0.15, -0.1) is 17.5 Å². The zero-order valence-electron chi connectivity index (χ0n) is 15.7. The molecule has 28 heavy (non-hydrogen) atoms. The first-order valence-corrected chi connectivity index (χ1v) is 9.22. The van der Waals surface area contributed by atoms with Crippen molar-refractivity contribution in [3.63, 3.8) is 0 Å². The first-order chi connectivity index (χ1) is 13.2. The van der Waals surface area contributed by atoms with Crippen LogP contribution in [0.15, 0.2) is 42.7 Å². The van der Waals surface area contributed by atoms with Crippen LogP contribution in [0.4, 0.5) is 0 Å². The summed E-state index contributed by atoms with van der Waals surface area (Å²) < 4.78 is 3.68.